The van der Waals surface area contributed by atoms with E-state index in [0.717, 1.165) is 0 Å². The van der Waals surface area contributed by atoms with Crippen molar-refractivity contribution >= 4 is 21.6 Å². The maximum Gasteiger partial charge on any atom is 0.0405 e. The van der Waals surface area contributed by atoms with Crippen LogP contribution in [0.3, 0.4) is 0 Å². The van der Waals surface area contributed by atoms with Gasteiger partial charge in [0.05, 0.1) is 0 Å². The van der Waals surface area contributed by atoms with Crippen molar-refractivity contribution in [1.29, 1.82) is 0 Å². The van der Waals surface area contributed by atoms with E-state index in [-0.39, 0.29) is 5.41 Å². The summed E-state index contributed by atoms with van der Waals surface area (Å²) in [5.74, 6) is 0. The quantitative estimate of drug-likeness (QED) is 0.684. The Bertz CT molecular complexity index is 371. The number of fused-ring (bicyclic) bond motifs is 1. The second-order valence-electron chi connectivity index (χ2n) is 4.67. The molecule has 1 heterocycles. The van der Waals surface area contributed by atoms with Gasteiger partial charge in [-0.2, -0.15) is 0 Å². The van der Waals surface area contributed by atoms with Gasteiger partial charge < -0.3 is 4.90 Å². The van der Waals surface area contributed by atoms with E-state index in [1.54, 1.807) is 0 Å². The molecular formula is C12H16BrN. The van der Waals surface area contributed by atoms with Gasteiger partial charge in [-0.05, 0) is 30.7 Å². The molecule has 1 aliphatic heterocycles. The fraction of sp³-hybridized carbons (Fsp3) is 0.500. The fourth-order valence-corrected chi connectivity index (χ4v) is 2.61. The molecule has 14 heavy (non-hydrogen) atoms. The van der Waals surface area contributed by atoms with Gasteiger partial charge in [-0.3, -0.25) is 0 Å². The van der Waals surface area contributed by atoms with Crippen LogP contribution in [-0.4, -0.2) is 13.1 Å². The largest absolute Gasteiger partial charge is 0.371 e. The smallest absolute Gasteiger partial charge is 0.0405 e. The Kier molecular flexibility index (Phi) is 2.15. The summed E-state index contributed by atoms with van der Waals surface area (Å²) in [6.45, 7) is 6.91. The molecule has 1 unspecified atom stereocenters. The van der Waals surface area contributed by atoms with Crippen LogP contribution in [0, 0.1) is 0 Å². The van der Waals surface area contributed by atoms with E-state index in [2.05, 4.69) is 66.8 Å². The number of benzene rings is 1. The van der Waals surface area contributed by atoms with Gasteiger partial charge in [0.2, 0.25) is 0 Å². The van der Waals surface area contributed by atoms with E-state index >= 15 is 0 Å². The molecule has 1 nitrogen and oxygen atoms in total. The molecule has 0 amide bonds. The molecular weight excluding hydrogens is 238 g/mol. The summed E-state index contributed by atoms with van der Waals surface area (Å²) in [6.07, 6.45) is 0. The van der Waals surface area contributed by atoms with Crippen LogP contribution >= 0.6 is 15.9 Å². The zero-order chi connectivity index (χ0) is 10.5. The van der Waals surface area contributed by atoms with Crippen LogP contribution in [0.15, 0.2) is 22.7 Å². The number of likely N-dealkylation sites (N-methyl/N-ethyl adjacent to an activating group) is 1. The molecule has 0 N–H and O–H groups in total. The summed E-state index contributed by atoms with van der Waals surface area (Å²) < 4.78 is 1.17. The molecule has 2 heteroatoms. The van der Waals surface area contributed by atoms with Gasteiger partial charge in [0.15, 0.2) is 0 Å². The predicted molar refractivity (Wildman–Crippen MR) is 65.0 cm³/mol. The minimum absolute atomic E-state index is 0.244. The van der Waals surface area contributed by atoms with Crippen molar-refractivity contribution in [2.24, 2.45) is 0 Å². The SMILES string of the molecule is CC1N(C)c2ccc(Br)cc2C1(C)C. The van der Waals surface area contributed by atoms with Crippen LogP contribution in [-0.2, 0) is 5.41 Å². The monoisotopic (exact) mass is 253 g/mol. The minimum Gasteiger partial charge on any atom is -0.371 e. The number of hydrogen-bond donors (Lipinski definition) is 0. The Morgan fingerprint density at radius 2 is 2.00 bits per heavy atom. The van der Waals surface area contributed by atoms with E-state index in [4.69, 9.17) is 0 Å². The van der Waals surface area contributed by atoms with Crippen molar-refractivity contribution < 1.29 is 0 Å². The summed E-state index contributed by atoms with van der Waals surface area (Å²) in [4.78, 5) is 2.36. The van der Waals surface area contributed by atoms with Gasteiger partial charge in [0.1, 0.15) is 0 Å². The van der Waals surface area contributed by atoms with Crippen molar-refractivity contribution in [2.45, 2.75) is 32.2 Å². The summed E-state index contributed by atoms with van der Waals surface area (Å²) in [5.41, 5.74) is 3.06. The van der Waals surface area contributed by atoms with Crippen molar-refractivity contribution in [1.82, 2.24) is 0 Å². The first kappa shape index (κ1) is 10.0. The van der Waals surface area contributed by atoms with Gasteiger partial charge in [-0.15, -0.1) is 0 Å². The standard InChI is InChI=1S/C12H16BrN/c1-8-12(2,3)10-7-9(13)5-6-11(10)14(8)4/h5-8H,1-4H3. The average Bonchev–Trinajstić information content (AvgIpc) is 2.29. The third-order valence-electron chi connectivity index (χ3n) is 3.66. The van der Waals surface area contributed by atoms with Crippen LogP contribution in [0.1, 0.15) is 26.3 Å². The van der Waals surface area contributed by atoms with E-state index < -0.39 is 0 Å². The van der Waals surface area contributed by atoms with Crippen molar-refractivity contribution in [3.63, 3.8) is 0 Å². The number of anilines is 1. The molecule has 0 spiro atoms. The molecule has 1 atom stereocenters. The molecule has 0 fully saturated rings. The van der Waals surface area contributed by atoms with Gasteiger partial charge in [0, 0.05) is 28.7 Å². The highest BCUT2D eigenvalue weighted by Gasteiger charge is 2.39. The molecule has 1 aliphatic rings. The lowest BCUT2D eigenvalue weighted by Crippen LogP contribution is -2.36. The minimum atomic E-state index is 0.244. The lowest BCUT2D eigenvalue weighted by Gasteiger charge is -2.28. The van der Waals surface area contributed by atoms with Crippen LogP contribution in [0.2, 0.25) is 0 Å². The number of hydrogen-bond acceptors (Lipinski definition) is 1. The van der Waals surface area contributed by atoms with Crippen LogP contribution in [0.25, 0.3) is 0 Å². The highest BCUT2D eigenvalue weighted by atomic mass is 79.9. The summed E-state index contributed by atoms with van der Waals surface area (Å²) in [6, 6.07) is 7.12. The molecule has 0 bridgehead atoms. The summed E-state index contributed by atoms with van der Waals surface area (Å²) in [5, 5.41) is 0. The van der Waals surface area contributed by atoms with Crippen molar-refractivity contribution in [3.8, 4) is 0 Å². The zero-order valence-electron chi connectivity index (χ0n) is 9.13. The number of nitrogens with zero attached hydrogens (tertiary/aromatic N) is 1. The molecule has 0 saturated heterocycles. The Labute approximate surface area is 94.2 Å². The lowest BCUT2D eigenvalue weighted by molar-refractivity contribution is 0.454. The van der Waals surface area contributed by atoms with Crippen molar-refractivity contribution in [2.75, 3.05) is 11.9 Å². The second kappa shape index (κ2) is 2.99. The second-order valence-corrected chi connectivity index (χ2v) is 5.59. The Morgan fingerprint density at radius 1 is 1.36 bits per heavy atom. The van der Waals surface area contributed by atoms with Gasteiger partial charge >= 0.3 is 0 Å². The van der Waals surface area contributed by atoms with Crippen LogP contribution in [0.4, 0.5) is 5.69 Å². The molecule has 0 radical (unpaired) electrons. The summed E-state index contributed by atoms with van der Waals surface area (Å²) >= 11 is 3.54. The molecule has 1 aromatic carbocycles. The third-order valence-corrected chi connectivity index (χ3v) is 4.15. The molecule has 2 rings (SSSR count). The highest BCUT2D eigenvalue weighted by molar-refractivity contribution is 9.10. The van der Waals surface area contributed by atoms with E-state index in [1.165, 1.54) is 15.7 Å². The molecule has 0 saturated carbocycles. The lowest BCUT2D eigenvalue weighted by atomic mass is 9.81. The van der Waals surface area contributed by atoms with Crippen LogP contribution in [0.5, 0.6) is 0 Å². The number of rotatable bonds is 0. The summed E-state index contributed by atoms with van der Waals surface area (Å²) in [7, 11) is 2.17. The van der Waals surface area contributed by atoms with Gasteiger partial charge in [-0.25, -0.2) is 0 Å². The molecule has 76 valence electrons. The fourth-order valence-electron chi connectivity index (χ4n) is 2.25. The first-order valence-electron chi connectivity index (χ1n) is 4.97. The molecule has 1 aromatic rings. The van der Waals surface area contributed by atoms with Gasteiger partial charge in [0.25, 0.3) is 0 Å². The van der Waals surface area contributed by atoms with E-state index in [1.807, 2.05) is 0 Å². The first-order chi connectivity index (χ1) is 6.44. The van der Waals surface area contributed by atoms with Gasteiger partial charge in [-0.1, -0.05) is 29.8 Å². The number of halogens is 1. The van der Waals surface area contributed by atoms with E-state index in [0.29, 0.717) is 6.04 Å². The Morgan fingerprint density at radius 3 is 2.64 bits per heavy atom. The Hall–Kier alpha value is -0.500. The van der Waals surface area contributed by atoms with Crippen LogP contribution < -0.4 is 4.90 Å². The zero-order valence-corrected chi connectivity index (χ0v) is 10.7. The topological polar surface area (TPSA) is 3.24 Å². The maximum absolute atomic E-state index is 3.54. The Balaban J connectivity index is 2.63. The first-order valence-corrected chi connectivity index (χ1v) is 5.77. The average molecular weight is 254 g/mol. The van der Waals surface area contributed by atoms with Crippen molar-refractivity contribution in [3.05, 3.63) is 28.2 Å². The predicted octanol–water partition coefficient (Wildman–Crippen LogP) is 3.57. The van der Waals surface area contributed by atoms with E-state index in [9.17, 15) is 0 Å². The highest BCUT2D eigenvalue weighted by Crippen LogP contribution is 2.44. The third kappa shape index (κ3) is 1.20. The molecule has 0 aromatic heterocycles. The maximum atomic E-state index is 3.54. The molecule has 0 aliphatic carbocycles. The normalized spacial score (nSPS) is 23.8.